The molecule has 0 aliphatic rings. The molecule has 6 nitrogen and oxygen atoms in total. The van der Waals surface area contributed by atoms with Gasteiger partial charge in [0.05, 0.1) is 11.4 Å². The highest BCUT2D eigenvalue weighted by Crippen LogP contribution is 2.27. The molecule has 0 aliphatic heterocycles. The van der Waals surface area contributed by atoms with E-state index in [1.165, 1.54) is 19.1 Å². The van der Waals surface area contributed by atoms with Crippen molar-refractivity contribution in [1.82, 2.24) is 4.72 Å². The molecule has 0 fully saturated rings. The summed E-state index contributed by atoms with van der Waals surface area (Å²) in [6.45, 7) is 7.18. The molecule has 136 valence electrons. The van der Waals surface area contributed by atoms with E-state index < -0.39 is 33.7 Å². The fourth-order valence-corrected chi connectivity index (χ4v) is 3.36. The summed E-state index contributed by atoms with van der Waals surface area (Å²) >= 11 is 11.9. The Labute approximate surface area is 152 Å². The van der Waals surface area contributed by atoms with Crippen LogP contribution in [0.25, 0.3) is 0 Å². The SMILES string of the molecule is Cc1c(Cl)cc(S(=O)(=O)NCC(C)(O)C(=O)OC(C)(C)C)cc1Cl. The average Bonchev–Trinajstić information content (AvgIpc) is 2.40. The Morgan fingerprint density at radius 1 is 1.21 bits per heavy atom. The molecule has 0 bridgehead atoms. The molecule has 1 unspecified atom stereocenters. The van der Waals surface area contributed by atoms with Crippen LogP contribution in [0.3, 0.4) is 0 Å². The van der Waals surface area contributed by atoms with Gasteiger partial charge in [-0.1, -0.05) is 23.2 Å². The van der Waals surface area contributed by atoms with Crippen molar-refractivity contribution >= 4 is 39.2 Å². The number of benzene rings is 1. The van der Waals surface area contributed by atoms with Gasteiger partial charge in [0.1, 0.15) is 5.60 Å². The summed E-state index contributed by atoms with van der Waals surface area (Å²) in [5.74, 6) is -0.933. The standard InChI is InChI=1S/C15H21Cl2NO5S/c1-9-11(16)6-10(7-12(9)17)24(21,22)18-8-15(5,20)13(19)23-14(2,3)4/h6-7,18,20H,8H2,1-5H3. The molecular weight excluding hydrogens is 377 g/mol. The van der Waals surface area contributed by atoms with Crippen molar-refractivity contribution < 1.29 is 23.1 Å². The van der Waals surface area contributed by atoms with Crippen LogP contribution in [0.1, 0.15) is 33.3 Å². The van der Waals surface area contributed by atoms with E-state index >= 15 is 0 Å². The van der Waals surface area contributed by atoms with Crippen LogP contribution in [0.4, 0.5) is 0 Å². The van der Waals surface area contributed by atoms with Crippen molar-refractivity contribution in [1.29, 1.82) is 0 Å². The summed E-state index contributed by atoms with van der Waals surface area (Å²) in [5, 5.41) is 10.5. The van der Waals surface area contributed by atoms with E-state index in [1.807, 2.05) is 0 Å². The highest BCUT2D eigenvalue weighted by atomic mass is 35.5. The number of carbonyl (C=O) groups excluding carboxylic acids is 1. The monoisotopic (exact) mass is 397 g/mol. The van der Waals surface area contributed by atoms with Crippen molar-refractivity contribution in [3.8, 4) is 0 Å². The molecule has 1 aromatic rings. The van der Waals surface area contributed by atoms with Crippen LogP contribution in [-0.2, 0) is 19.6 Å². The van der Waals surface area contributed by atoms with Crippen LogP contribution < -0.4 is 4.72 Å². The van der Waals surface area contributed by atoms with Gasteiger partial charge in [0.15, 0.2) is 5.60 Å². The first-order valence-electron chi connectivity index (χ1n) is 7.07. The Balaban J connectivity index is 2.94. The Morgan fingerprint density at radius 2 is 1.67 bits per heavy atom. The predicted molar refractivity (Wildman–Crippen MR) is 92.9 cm³/mol. The third kappa shape index (κ3) is 5.60. The van der Waals surface area contributed by atoms with E-state index in [9.17, 15) is 18.3 Å². The molecule has 1 rings (SSSR count). The minimum atomic E-state index is -4.02. The second kappa shape index (κ2) is 7.17. The summed E-state index contributed by atoms with van der Waals surface area (Å²) in [7, 11) is -4.02. The lowest BCUT2D eigenvalue weighted by Gasteiger charge is -2.27. The number of ether oxygens (including phenoxy) is 1. The van der Waals surface area contributed by atoms with E-state index in [4.69, 9.17) is 27.9 Å². The zero-order valence-corrected chi connectivity index (χ0v) is 16.4. The minimum Gasteiger partial charge on any atom is -0.458 e. The Bertz CT molecular complexity index is 716. The third-order valence-corrected chi connectivity index (χ3v) is 5.18. The summed E-state index contributed by atoms with van der Waals surface area (Å²) < 4.78 is 31.8. The summed E-state index contributed by atoms with van der Waals surface area (Å²) in [5.41, 5.74) is -2.28. The molecule has 0 saturated heterocycles. The fourth-order valence-electron chi connectivity index (χ4n) is 1.56. The lowest BCUT2D eigenvalue weighted by Crippen LogP contribution is -2.49. The topological polar surface area (TPSA) is 92.7 Å². The number of hydrogen-bond acceptors (Lipinski definition) is 5. The van der Waals surface area contributed by atoms with Gasteiger partial charge in [-0.25, -0.2) is 17.9 Å². The molecule has 24 heavy (non-hydrogen) atoms. The molecule has 0 heterocycles. The molecule has 1 aromatic carbocycles. The molecule has 0 aliphatic carbocycles. The number of sulfonamides is 1. The van der Waals surface area contributed by atoms with Crippen molar-refractivity contribution in [3.63, 3.8) is 0 Å². The Morgan fingerprint density at radius 3 is 2.08 bits per heavy atom. The molecule has 0 saturated carbocycles. The molecule has 0 aromatic heterocycles. The number of esters is 1. The predicted octanol–water partition coefficient (Wildman–Crippen LogP) is 2.67. The average molecular weight is 398 g/mol. The van der Waals surface area contributed by atoms with Crippen molar-refractivity contribution in [3.05, 3.63) is 27.7 Å². The van der Waals surface area contributed by atoms with Crippen LogP contribution >= 0.6 is 23.2 Å². The second-order valence-electron chi connectivity index (χ2n) is 6.61. The summed E-state index contributed by atoms with van der Waals surface area (Å²) in [6.07, 6.45) is 0. The Kier molecular flexibility index (Phi) is 6.33. The van der Waals surface area contributed by atoms with Crippen LogP contribution in [0.2, 0.25) is 10.0 Å². The first-order chi connectivity index (χ1) is 10.7. The number of aliphatic hydroxyl groups is 1. The van der Waals surface area contributed by atoms with Gasteiger partial charge in [0.2, 0.25) is 10.0 Å². The first kappa shape index (κ1) is 21.2. The molecule has 0 amide bonds. The fraction of sp³-hybridized carbons (Fsp3) is 0.533. The quantitative estimate of drug-likeness (QED) is 0.744. The van der Waals surface area contributed by atoms with E-state index in [0.717, 1.165) is 0 Å². The number of rotatable bonds is 5. The summed E-state index contributed by atoms with van der Waals surface area (Å²) in [4.78, 5) is 11.8. The molecular formula is C15H21Cl2NO5S. The van der Waals surface area contributed by atoms with Gasteiger partial charge in [-0.2, -0.15) is 0 Å². The molecule has 9 heteroatoms. The largest absolute Gasteiger partial charge is 0.458 e. The van der Waals surface area contributed by atoms with Crippen LogP contribution in [-0.4, -0.2) is 37.2 Å². The smallest absolute Gasteiger partial charge is 0.339 e. The van der Waals surface area contributed by atoms with Crippen LogP contribution in [0, 0.1) is 6.92 Å². The minimum absolute atomic E-state index is 0.164. The normalized spacial score (nSPS) is 15.0. The molecule has 0 spiro atoms. The van der Waals surface area contributed by atoms with Gasteiger partial charge in [0.25, 0.3) is 0 Å². The summed E-state index contributed by atoms with van der Waals surface area (Å²) in [6, 6.07) is 2.49. The van der Waals surface area contributed by atoms with E-state index in [2.05, 4.69) is 4.72 Å². The van der Waals surface area contributed by atoms with Crippen LogP contribution in [0.5, 0.6) is 0 Å². The first-order valence-corrected chi connectivity index (χ1v) is 9.31. The third-order valence-electron chi connectivity index (χ3n) is 3.01. The number of nitrogens with one attached hydrogen (secondary N) is 1. The zero-order valence-electron chi connectivity index (χ0n) is 14.1. The van der Waals surface area contributed by atoms with Crippen LogP contribution in [0.15, 0.2) is 17.0 Å². The maximum absolute atomic E-state index is 12.3. The second-order valence-corrected chi connectivity index (χ2v) is 9.19. The maximum atomic E-state index is 12.3. The molecule has 1 atom stereocenters. The van der Waals surface area contributed by atoms with Crippen molar-refractivity contribution in [2.45, 2.75) is 50.7 Å². The number of carbonyl (C=O) groups is 1. The van der Waals surface area contributed by atoms with E-state index in [-0.39, 0.29) is 14.9 Å². The highest BCUT2D eigenvalue weighted by Gasteiger charge is 2.36. The van der Waals surface area contributed by atoms with Gasteiger partial charge in [-0.3, -0.25) is 0 Å². The van der Waals surface area contributed by atoms with Crippen molar-refractivity contribution in [2.75, 3.05) is 6.54 Å². The van der Waals surface area contributed by atoms with Gasteiger partial charge in [-0.05, 0) is 52.3 Å². The van der Waals surface area contributed by atoms with Gasteiger partial charge >= 0.3 is 5.97 Å². The number of hydrogen-bond donors (Lipinski definition) is 2. The van der Waals surface area contributed by atoms with Crippen molar-refractivity contribution in [2.24, 2.45) is 0 Å². The Hall–Kier alpha value is -0.860. The van der Waals surface area contributed by atoms with Gasteiger partial charge < -0.3 is 9.84 Å². The molecule has 2 N–H and O–H groups in total. The maximum Gasteiger partial charge on any atom is 0.339 e. The van der Waals surface area contributed by atoms with Gasteiger partial charge in [-0.15, -0.1) is 0 Å². The lowest BCUT2D eigenvalue weighted by molar-refractivity contribution is -0.174. The van der Waals surface area contributed by atoms with Gasteiger partial charge in [0, 0.05) is 10.0 Å². The number of halogens is 2. The highest BCUT2D eigenvalue weighted by molar-refractivity contribution is 7.89. The zero-order chi connectivity index (χ0) is 18.9. The van der Waals surface area contributed by atoms with E-state index in [1.54, 1.807) is 27.7 Å². The molecule has 0 radical (unpaired) electrons. The lowest BCUT2D eigenvalue weighted by atomic mass is 10.1. The van der Waals surface area contributed by atoms with E-state index in [0.29, 0.717) is 5.56 Å².